The number of thiocarbonyl (C=S) groups is 1. The Balaban J connectivity index is 2.37. The van der Waals surface area contributed by atoms with Gasteiger partial charge >= 0.3 is 0 Å². The first-order valence-electron chi connectivity index (χ1n) is 5.99. The SMILES string of the molecule is CCCN(c1ccc(Cl)cc1C(N)=S)C1CC1. The Morgan fingerprint density at radius 2 is 2.24 bits per heavy atom. The van der Waals surface area contributed by atoms with Crippen molar-refractivity contribution in [3.8, 4) is 0 Å². The van der Waals surface area contributed by atoms with Crippen LogP contribution in [-0.2, 0) is 0 Å². The zero-order valence-corrected chi connectivity index (χ0v) is 11.5. The maximum absolute atomic E-state index is 6.00. The number of benzene rings is 1. The van der Waals surface area contributed by atoms with Gasteiger partial charge in [0.05, 0.1) is 0 Å². The molecule has 0 spiro atoms. The van der Waals surface area contributed by atoms with Crippen molar-refractivity contribution < 1.29 is 0 Å². The highest BCUT2D eigenvalue weighted by Gasteiger charge is 2.30. The summed E-state index contributed by atoms with van der Waals surface area (Å²) in [6.07, 6.45) is 3.65. The zero-order chi connectivity index (χ0) is 12.4. The molecule has 2 rings (SSSR count). The number of rotatable bonds is 5. The van der Waals surface area contributed by atoms with E-state index in [2.05, 4.69) is 11.8 Å². The van der Waals surface area contributed by atoms with Crippen molar-refractivity contribution in [2.45, 2.75) is 32.2 Å². The molecule has 17 heavy (non-hydrogen) atoms. The molecule has 4 heteroatoms. The summed E-state index contributed by atoms with van der Waals surface area (Å²) < 4.78 is 0. The third-order valence-corrected chi connectivity index (χ3v) is 3.44. The Kier molecular flexibility index (Phi) is 3.89. The highest BCUT2D eigenvalue weighted by Crippen LogP contribution is 2.34. The van der Waals surface area contributed by atoms with Gasteiger partial charge in [-0.15, -0.1) is 0 Å². The molecule has 0 aliphatic heterocycles. The van der Waals surface area contributed by atoms with Crippen LogP contribution in [0.5, 0.6) is 0 Å². The second-order valence-electron chi connectivity index (χ2n) is 4.45. The topological polar surface area (TPSA) is 29.3 Å². The lowest BCUT2D eigenvalue weighted by Gasteiger charge is -2.26. The first-order valence-corrected chi connectivity index (χ1v) is 6.78. The summed E-state index contributed by atoms with van der Waals surface area (Å²) in [6, 6.07) is 6.46. The molecular weight excluding hydrogens is 252 g/mol. The molecule has 1 fully saturated rings. The van der Waals surface area contributed by atoms with Crippen molar-refractivity contribution in [1.29, 1.82) is 0 Å². The van der Waals surface area contributed by atoms with Crippen LogP contribution in [0.3, 0.4) is 0 Å². The maximum Gasteiger partial charge on any atom is 0.106 e. The van der Waals surface area contributed by atoms with E-state index in [1.54, 1.807) is 0 Å². The number of hydrogen-bond donors (Lipinski definition) is 1. The molecule has 0 atom stereocenters. The van der Waals surface area contributed by atoms with E-state index in [0.717, 1.165) is 24.2 Å². The number of halogens is 1. The van der Waals surface area contributed by atoms with E-state index in [1.807, 2.05) is 18.2 Å². The predicted octanol–water partition coefficient (Wildman–Crippen LogP) is 3.35. The maximum atomic E-state index is 6.00. The molecule has 0 unspecified atom stereocenters. The van der Waals surface area contributed by atoms with Gasteiger partial charge in [0, 0.05) is 28.9 Å². The van der Waals surface area contributed by atoms with E-state index < -0.39 is 0 Å². The first-order chi connectivity index (χ1) is 8.13. The highest BCUT2D eigenvalue weighted by molar-refractivity contribution is 7.80. The molecule has 0 heterocycles. The van der Waals surface area contributed by atoms with Gasteiger partial charge < -0.3 is 10.6 Å². The molecule has 0 saturated heterocycles. The molecule has 1 aromatic rings. The van der Waals surface area contributed by atoms with E-state index in [1.165, 1.54) is 12.8 Å². The molecule has 1 aliphatic rings. The molecule has 2 N–H and O–H groups in total. The fraction of sp³-hybridized carbons (Fsp3) is 0.462. The summed E-state index contributed by atoms with van der Waals surface area (Å²) >= 11 is 11.1. The molecule has 0 radical (unpaired) electrons. The van der Waals surface area contributed by atoms with Crippen LogP contribution in [0.1, 0.15) is 31.7 Å². The van der Waals surface area contributed by atoms with E-state index in [4.69, 9.17) is 29.6 Å². The molecule has 0 amide bonds. The molecule has 1 aromatic carbocycles. The Labute approximate surface area is 113 Å². The van der Waals surface area contributed by atoms with Crippen LogP contribution >= 0.6 is 23.8 Å². The Morgan fingerprint density at radius 1 is 1.53 bits per heavy atom. The van der Waals surface area contributed by atoms with E-state index in [0.29, 0.717) is 16.1 Å². The Morgan fingerprint density at radius 3 is 2.76 bits per heavy atom. The number of anilines is 1. The van der Waals surface area contributed by atoms with Crippen molar-refractivity contribution in [1.82, 2.24) is 0 Å². The van der Waals surface area contributed by atoms with Crippen LogP contribution in [0, 0.1) is 0 Å². The largest absolute Gasteiger partial charge is 0.389 e. The van der Waals surface area contributed by atoms with Crippen LogP contribution in [-0.4, -0.2) is 17.6 Å². The van der Waals surface area contributed by atoms with Crippen molar-refractivity contribution in [2.24, 2.45) is 5.73 Å². The van der Waals surface area contributed by atoms with Crippen LogP contribution < -0.4 is 10.6 Å². The average Bonchev–Trinajstić information content (AvgIpc) is 3.10. The molecule has 1 saturated carbocycles. The molecule has 0 bridgehead atoms. The highest BCUT2D eigenvalue weighted by atomic mass is 35.5. The van der Waals surface area contributed by atoms with Crippen LogP contribution in [0.4, 0.5) is 5.69 Å². The van der Waals surface area contributed by atoms with E-state index >= 15 is 0 Å². The third-order valence-electron chi connectivity index (χ3n) is 2.99. The van der Waals surface area contributed by atoms with Crippen molar-refractivity contribution in [3.63, 3.8) is 0 Å². The third kappa shape index (κ3) is 2.90. The lowest BCUT2D eigenvalue weighted by Crippen LogP contribution is -2.29. The lowest BCUT2D eigenvalue weighted by molar-refractivity contribution is 0.762. The fourth-order valence-corrected chi connectivity index (χ4v) is 2.42. The lowest BCUT2D eigenvalue weighted by atomic mass is 10.1. The van der Waals surface area contributed by atoms with Crippen molar-refractivity contribution in [3.05, 3.63) is 28.8 Å². The van der Waals surface area contributed by atoms with Crippen LogP contribution in [0.15, 0.2) is 18.2 Å². The average molecular weight is 269 g/mol. The van der Waals surface area contributed by atoms with Crippen molar-refractivity contribution >= 4 is 34.5 Å². The Bertz CT molecular complexity index is 429. The van der Waals surface area contributed by atoms with E-state index in [-0.39, 0.29) is 0 Å². The van der Waals surface area contributed by atoms with Gasteiger partial charge in [0.2, 0.25) is 0 Å². The number of nitrogens with two attached hydrogens (primary N) is 1. The van der Waals surface area contributed by atoms with Crippen LogP contribution in [0.25, 0.3) is 0 Å². The minimum atomic E-state index is 0.421. The quantitative estimate of drug-likeness (QED) is 0.831. The summed E-state index contributed by atoms with van der Waals surface area (Å²) in [5.41, 5.74) is 7.81. The van der Waals surface area contributed by atoms with Gasteiger partial charge in [0.1, 0.15) is 4.99 Å². The monoisotopic (exact) mass is 268 g/mol. The van der Waals surface area contributed by atoms with Gasteiger partial charge in [0.25, 0.3) is 0 Å². The fourth-order valence-electron chi connectivity index (χ4n) is 2.08. The predicted molar refractivity (Wildman–Crippen MR) is 78.0 cm³/mol. The minimum absolute atomic E-state index is 0.421. The smallest absolute Gasteiger partial charge is 0.106 e. The van der Waals surface area contributed by atoms with E-state index in [9.17, 15) is 0 Å². The second-order valence-corrected chi connectivity index (χ2v) is 5.33. The van der Waals surface area contributed by atoms with Gasteiger partial charge in [-0.05, 0) is 37.5 Å². The minimum Gasteiger partial charge on any atom is -0.389 e. The molecule has 2 nitrogen and oxygen atoms in total. The molecule has 0 aromatic heterocycles. The number of nitrogens with zero attached hydrogens (tertiary/aromatic N) is 1. The summed E-state index contributed by atoms with van der Waals surface area (Å²) in [4.78, 5) is 2.83. The second kappa shape index (κ2) is 5.23. The number of hydrogen-bond acceptors (Lipinski definition) is 2. The normalized spacial score (nSPS) is 14.7. The van der Waals surface area contributed by atoms with Gasteiger partial charge in [-0.25, -0.2) is 0 Å². The summed E-state index contributed by atoms with van der Waals surface area (Å²) in [5.74, 6) is 0. The summed E-state index contributed by atoms with van der Waals surface area (Å²) in [5, 5.41) is 0.684. The van der Waals surface area contributed by atoms with Gasteiger partial charge in [-0.3, -0.25) is 0 Å². The van der Waals surface area contributed by atoms with Crippen LogP contribution in [0.2, 0.25) is 5.02 Å². The molecular formula is C13H17ClN2S. The van der Waals surface area contributed by atoms with Gasteiger partial charge in [0.15, 0.2) is 0 Å². The summed E-state index contributed by atoms with van der Waals surface area (Å²) in [7, 11) is 0. The summed E-state index contributed by atoms with van der Waals surface area (Å²) in [6.45, 7) is 3.23. The molecule has 92 valence electrons. The Hall–Kier alpha value is -0.800. The standard InChI is InChI=1S/C13H17ClN2S/c1-2-7-16(10-4-5-10)12-6-3-9(14)8-11(12)13(15)17/h3,6,8,10H,2,4-5,7H2,1H3,(H2,15,17). The first kappa shape index (κ1) is 12.7. The van der Waals surface area contributed by atoms with Gasteiger partial charge in [-0.1, -0.05) is 30.7 Å². The van der Waals surface area contributed by atoms with Gasteiger partial charge in [-0.2, -0.15) is 0 Å². The molecule has 1 aliphatic carbocycles. The zero-order valence-electron chi connectivity index (χ0n) is 9.95. The van der Waals surface area contributed by atoms with Crippen molar-refractivity contribution in [2.75, 3.05) is 11.4 Å².